The lowest BCUT2D eigenvalue weighted by Gasteiger charge is -2.25. The third kappa shape index (κ3) is 5.02. The van der Waals surface area contributed by atoms with Crippen molar-refractivity contribution in [3.05, 3.63) is 211 Å². The molecule has 11 rings (SSSR count). The first-order chi connectivity index (χ1) is 27.8. The van der Waals surface area contributed by atoms with Gasteiger partial charge in [-0.2, -0.15) is 4.99 Å². The van der Waals surface area contributed by atoms with E-state index >= 15 is 0 Å². The number of amidine groups is 1. The molecule has 0 saturated heterocycles. The number of hydrogen-bond donors (Lipinski definition) is 1. The summed E-state index contributed by atoms with van der Waals surface area (Å²) in [5.41, 5.74) is 12.2. The Hall–Kier alpha value is -7.50. The molecule has 1 aliphatic rings. The minimum Gasteiger partial charge on any atom is -0.344 e. The summed E-state index contributed by atoms with van der Waals surface area (Å²) in [5, 5.41) is 8.41. The molecule has 264 valence electrons. The van der Waals surface area contributed by atoms with Crippen molar-refractivity contribution in [1.29, 1.82) is 0 Å². The summed E-state index contributed by atoms with van der Waals surface area (Å²) in [5.74, 6) is 1.40. The van der Waals surface area contributed by atoms with E-state index in [0.29, 0.717) is 5.96 Å². The van der Waals surface area contributed by atoms with E-state index in [1.165, 1.54) is 21.7 Å². The van der Waals surface area contributed by atoms with Crippen LogP contribution in [0.25, 0.3) is 71.6 Å². The van der Waals surface area contributed by atoms with Crippen LogP contribution in [0.15, 0.2) is 210 Å². The van der Waals surface area contributed by atoms with Gasteiger partial charge < -0.3 is 9.88 Å². The van der Waals surface area contributed by atoms with Crippen LogP contribution < -0.4 is 5.32 Å². The highest BCUT2D eigenvalue weighted by molar-refractivity contribution is 6.34. The number of hydrogen-bond acceptors (Lipinski definition) is 3. The smallest absolute Gasteiger partial charge is 0.234 e. The predicted molar refractivity (Wildman–Crippen MR) is 233 cm³/mol. The van der Waals surface area contributed by atoms with Crippen molar-refractivity contribution in [1.82, 2.24) is 14.5 Å². The van der Waals surface area contributed by atoms with E-state index in [0.717, 1.165) is 66.8 Å². The van der Waals surface area contributed by atoms with Crippen LogP contribution in [0.1, 0.15) is 17.3 Å². The number of fused-ring (bicyclic) bond motifs is 6. The summed E-state index contributed by atoms with van der Waals surface area (Å²) in [7, 11) is 0. The molecule has 0 fully saturated rings. The first kappa shape index (κ1) is 32.0. The monoisotopic (exact) mass is 717 g/mol. The maximum absolute atomic E-state index is 5.49. The van der Waals surface area contributed by atoms with Crippen molar-refractivity contribution in [2.45, 2.75) is 6.17 Å². The Morgan fingerprint density at radius 2 is 0.857 bits per heavy atom. The van der Waals surface area contributed by atoms with Gasteiger partial charge in [0.1, 0.15) is 12.0 Å². The van der Waals surface area contributed by atoms with Crippen LogP contribution in [0, 0.1) is 0 Å². The number of nitrogens with one attached hydrogen (secondary N) is 1. The number of nitrogens with zero attached hydrogens (tertiary/aromatic N) is 4. The van der Waals surface area contributed by atoms with Gasteiger partial charge in [-0.25, -0.2) is 4.99 Å². The van der Waals surface area contributed by atoms with Crippen LogP contribution in [0.3, 0.4) is 0 Å². The second-order valence-corrected chi connectivity index (χ2v) is 14.2. The van der Waals surface area contributed by atoms with Gasteiger partial charge in [0, 0.05) is 43.9 Å². The summed E-state index contributed by atoms with van der Waals surface area (Å²) in [6.07, 6.45) is -0.358. The highest BCUT2D eigenvalue weighted by atomic mass is 15.3. The summed E-state index contributed by atoms with van der Waals surface area (Å²) in [6, 6.07) is 70.9. The first-order valence-electron chi connectivity index (χ1n) is 19.1. The molecule has 0 spiro atoms. The summed E-state index contributed by atoms with van der Waals surface area (Å²) < 4.78 is 4.78. The zero-order valence-electron chi connectivity index (χ0n) is 30.4. The lowest BCUT2D eigenvalue weighted by Crippen LogP contribution is -2.35. The summed E-state index contributed by atoms with van der Waals surface area (Å²) in [4.78, 5) is 10.9. The normalized spacial score (nSPS) is 14.2. The van der Waals surface area contributed by atoms with E-state index in [1.54, 1.807) is 0 Å². The third-order valence-corrected chi connectivity index (χ3v) is 11.0. The molecule has 5 nitrogen and oxygen atoms in total. The largest absolute Gasteiger partial charge is 0.344 e. The maximum atomic E-state index is 5.49. The quantitative estimate of drug-likeness (QED) is 0.189. The fourth-order valence-corrected chi connectivity index (χ4v) is 8.60. The number of rotatable bonds is 5. The van der Waals surface area contributed by atoms with Crippen molar-refractivity contribution < 1.29 is 0 Å². The Labute approximate surface area is 324 Å². The molecular formula is C51H35N5. The SMILES string of the molecule is c1ccc(C2=NC(n3c4ccccc4c4c(-c5ccccc5)c5c6ccccc6n(-c6ccccc6)c5c(-c5ccccc5)c43)=NC(c3ccccc3)N2)cc1. The van der Waals surface area contributed by atoms with Gasteiger partial charge >= 0.3 is 0 Å². The molecule has 1 N–H and O–H groups in total. The average molecular weight is 718 g/mol. The van der Waals surface area contributed by atoms with E-state index < -0.39 is 0 Å². The van der Waals surface area contributed by atoms with E-state index in [2.05, 4.69) is 203 Å². The number of aromatic nitrogens is 2. The van der Waals surface area contributed by atoms with Crippen LogP contribution in [0.5, 0.6) is 0 Å². The van der Waals surface area contributed by atoms with Crippen molar-refractivity contribution in [2.75, 3.05) is 0 Å². The molecular weight excluding hydrogens is 683 g/mol. The average Bonchev–Trinajstić information content (AvgIpc) is 3.80. The van der Waals surface area contributed by atoms with Gasteiger partial charge in [0.2, 0.25) is 5.96 Å². The molecule has 5 heteroatoms. The van der Waals surface area contributed by atoms with Gasteiger partial charge in [-0.15, -0.1) is 0 Å². The van der Waals surface area contributed by atoms with Crippen molar-refractivity contribution in [2.24, 2.45) is 9.98 Å². The molecule has 1 atom stereocenters. The fraction of sp³-hybridized carbons (Fsp3) is 0.0196. The number of aliphatic imine (C=N–C) groups is 2. The highest BCUT2D eigenvalue weighted by Crippen LogP contribution is 2.51. The minimum atomic E-state index is -0.358. The Balaban J connectivity index is 1.40. The summed E-state index contributed by atoms with van der Waals surface area (Å²) in [6.45, 7) is 0. The third-order valence-electron chi connectivity index (χ3n) is 11.0. The molecule has 0 saturated carbocycles. The molecule has 56 heavy (non-hydrogen) atoms. The molecule has 1 unspecified atom stereocenters. The van der Waals surface area contributed by atoms with Gasteiger partial charge in [0.15, 0.2) is 0 Å². The topological polar surface area (TPSA) is 46.6 Å². The molecule has 0 radical (unpaired) electrons. The second kappa shape index (κ2) is 13.1. The molecule has 10 aromatic rings. The van der Waals surface area contributed by atoms with Crippen molar-refractivity contribution in [3.63, 3.8) is 0 Å². The van der Waals surface area contributed by atoms with Crippen LogP contribution in [0.2, 0.25) is 0 Å². The second-order valence-electron chi connectivity index (χ2n) is 14.2. The Bertz CT molecular complexity index is 3130. The standard InChI is InChI=1S/C51H35N5/c1-6-20-34(21-7-1)43-45-39-30-16-18-32-41(39)55(38-28-14-5-15-29-38)47(45)44(35-22-8-2-9-23-35)48-46(43)40-31-17-19-33-42(40)56(48)51-53-49(36-24-10-3-11-25-36)52-50(54-51)37-26-12-4-13-27-37/h1-33,49H,(H,52,53,54). The Morgan fingerprint density at radius 1 is 0.411 bits per heavy atom. The van der Waals surface area contributed by atoms with Gasteiger partial charge in [0.25, 0.3) is 0 Å². The minimum absolute atomic E-state index is 0.358. The molecule has 0 aliphatic carbocycles. The van der Waals surface area contributed by atoms with Gasteiger partial charge in [-0.05, 0) is 41.0 Å². The van der Waals surface area contributed by atoms with E-state index in [9.17, 15) is 0 Å². The van der Waals surface area contributed by atoms with E-state index in [-0.39, 0.29) is 6.17 Å². The van der Waals surface area contributed by atoms with Crippen molar-refractivity contribution >= 4 is 55.4 Å². The maximum Gasteiger partial charge on any atom is 0.234 e. The van der Waals surface area contributed by atoms with E-state index in [4.69, 9.17) is 9.98 Å². The number of benzene rings is 8. The van der Waals surface area contributed by atoms with Gasteiger partial charge in [-0.3, -0.25) is 4.57 Å². The Kier molecular flexibility index (Phi) is 7.49. The predicted octanol–water partition coefficient (Wildman–Crippen LogP) is 12.2. The van der Waals surface area contributed by atoms with Crippen molar-refractivity contribution in [3.8, 4) is 27.9 Å². The van der Waals surface area contributed by atoms with Crippen LogP contribution >= 0.6 is 0 Å². The van der Waals surface area contributed by atoms with Gasteiger partial charge in [-0.1, -0.05) is 176 Å². The molecule has 8 aromatic carbocycles. The lowest BCUT2D eigenvalue weighted by molar-refractivity contribution is 0.668. The zero-order valence-corrected chi connectivity index (χ0v) is 30.4. The van der Waals surface area contributed by atoms with E-state index in [1.807, 2.05) is 12.1 Å². The summed E-state index contributed by atoms with van der Waals surface area (Å²) >= 11 is 0. The molecule has 1 aliphatic heterocycles. The Morgan fingerprint density at radius 3 is 1.45 bits per heavy atom. The van der Waals surface area contributed by atoms with Crippen LogP contribution in [0.4, 0.5) is 0 Å². The highest BCUT2D eigenvalue weighted by Gasteiger charge is 2.31. The van der Waals surface area contributed by atoms with Gasteiger partial charge in [0.05, 0.1) is 22.1 Å². The zero-order chi connectivity index (χ0) is 37.0. The van der Waals surface area contributed by atoms with Crippen LogP contribution in [-0.2, 0) is 0 Å². The van der Waals surface area contributed by atoms with Crippen LogP contribution in [-0.4, -0.2) is 20.9 Å². The first-order valence-corrected chi connectivity index (χ1v) is 19.1. The number of para-hydroxylation sites is 3. The fourth-order valence-electron chi connectivity index (χ4n) is 8.60. The molecule has 3 heterocycles. The molecule has 0 bridgehead atoms. The molecule has 0 amide bonds. The lowest BCUT2D eigenvalue weighted by atomic mass is 9.89. The molecule has 2 aromatic heterocycles.